The minimum absolute atomic E-state index is 0.0126. The van der Waals surface area contributed by atoms with Crippen molar-refractivity contribution >= 4 is 23.2 Å². The summed E-state index contributed by atoms with van der Waals surface area (Å²) in [6.45, 7) is 2.48. The van der Waals surface area contributed by atoms with Crippen molar-refractivity contribution in [1.29, 1.82) is 0 Å². The Balaban J connectivity index is 1.57. The molecule has 0 aliphatic rings. The summed E-state index contributed by atoms with van der Waals surface area (Å²) in [4.78, 5) is 12.7. The second-order valence-electron chi connectivity index (χ2n) is 6.64. The van der Waals surface area contributed by atoms with Crippen LogP contribution in [0, 0.1) is 0 Å². The molecule has 0 radical (unpaired) electrons. The van der Waals surface area contributed by atoms with Gasteiger partial charge in [-0.05, 0) is 42.4 Å². The standard InChI is InChI=1S/C24H24N2O2S/c1-18(20-12-6-3-7-13-20)25-24(29)26-23(27)21-14-8-9-15-22(21)28-17-16-19-10-4-2-5-11-19/h2-15,18H,16-17H2,1H3,(H2,25,26,27,29). The highest BCUT2D eigenvalue weighted by atomic mass is 32.1. The number of nitrogens with one attached hydrogen (secondary N) is 2. The van der Waals surface area contributed by atoms with Gasteiger partial charge in [-0.25, -0.2) is 0 Å². The van der Waals surface area contributed by atoms with E-state index in [0.29, 0.717) is 17.9 Å². The summed E-state index contributed by atoms with van der Waals surface area (Å²) in [6, 6.07) is 27.2. The maximum Gasteiger partial charge on any atom is 0.261 e. The number of amides is 1. The predicted octanol–water partition coefficient (Wildman–Crippen LogP) is 4.67. The van der Waals surface area contributed by atoms with Crippen LogP contribution in [0.5, 0.6) is 5.75 Å². The van der Waals surface area contributed by atoms with Crippen LogP contribution in [0.4, 0.5) is 0 Å². The molecule has 0 aliphatic carbocycles. The molecule has 0 saturated carbocycles. The molecule has 3 rings (SSSR count). The first-order valence-corrected chi connectivity index (χ1v) is 9.97. The van der Waals surface area contributed by atoms with Gasteiger partial charge in [0.15, 0.2) is 5.11 Å². The summed E-state index contributed by atoms with van der Waals surface area (Å²) in [7, 11) is 0. The highest BCUT2D eigenvalue weighted by Gasteiger charge is 2.15. The fourth-order valence-corrected chi connectivity index (χ4v) is 3.20. The number of benzene rings is 3. The first-order valence-electron chi connectivity index (χ1n) is 9.56. The van der Waals surface area contributed by atoms with Crippen molar-refractivity contribution < 1.29 is 9.53 Å². The van der Waals surface area contributed by atoms with Crippen molar-refractivity contribution in [2.75, 3.05) is 6.61 Å². The average Bonchev–Trinajstić information content (AvgIpc) is 2.75. The topological polar surface area (TPSA) is 50.4 Å². The van der Waals surface area contributed by atoms with E-state index in [9.17, 15) is 4.79 Å². The van der Waals surface area contributed by atoms with Crippen LogP contribution in [-0.2, 0) is 6.42 Å². The molecule has 0 saturated heterocycles. The van der Waals surface area contributed by atoms with E-state index in [0.717, 1.165) is 12.0 Å². The molecule has 1 unspecified atom stereocenters. The van der Waals surface area contributed by atoms with Crippen molar-refractivity contribution in [2.45, 2.75) is 19.4 Å². The number of para-hydroxylation sites is 1. The van der Waals surface area contributed by atoms with Crippen LogP contribution < -0.4 is 15.4 Å². The van der Waals surface area contributed by atoms with Gasteiger partial charge in [0.25, 0.3) is 5.91 Å². The molecule has 0 fully saturated rings. The van der Waals surface area contributed by atoms with E-state index >= 15 is 0 Å². The predicted molar refractivity (Wildman–Crippen MR) is 120 cm³/mol. The van der Waals surface area contributed by atoms with Gasteiger partial charge in [-0.15, -0.1) is 0 Å². The zero-order valence-corrected chi connectivity index (χ0v) is 17.1. The summed E-state index contributed by atoms with van der Waals surface area (Å²) >= 11 is 5.32. The molecule has 1 atom stereocenters. The lowest BCUT2D eigenvalue weighted by Gasteiger charge is -2.17. The molecule has 0 heterocycles. The first-order chi connectivity index (χ1) is 14.1. The number of thiocarbonyl (C=S) groups is 1. The molecular formula is C24H24N2O2S. The van der Waals surface area contributed by atoms with E-state index in [2.05, 4.69) is 22.8 Å². The van der Waals surface area contributed by atoms with Crippen LogP contribution in [0.2, 0.25) is 0 Å². The van der Waals surface area contributed by atoms with Gasteiger partial charge in [0.05, 0.1) is 18.2 Å². The lowest BCUT2D eigenvalue weighted by atomic mass is 10.1. The first kappa shape index (κ1) is 20.6. The molecule has 0 aromatic heterocycles. The lowest BCUT2D eigenvalue weighted by Crippen LogP contribution is -2.40. The SMILES string of the molecule is CC(NC(=S)NC(=O)c1ccccc1OCCc1ccccc1)c1ccccc1. The summed E-state index contributed by atoms with van der Waals surface area (Å²) in [5, 5.41) is 6.17. The van der Waals surface area contributed by atoms with E-state index in [1.54, 1.807) is 12.1 Å². The second kappa shape index (κ2) is 10.4. The smallest absolute Gasteiger partial charge is 0.261 e. The van der Waals surface area contributed by atoms with Crippen molar-refractivity contribution in [3.05, 3.63) is 102 Å². The highest BCUT2D eigenvalue weighted by molar-refractivity contribution is 7.80. The number of ether oxygens (including phenoxy) is 1. The molecule has 148 valence electrons. The number of hydrogen-bond acceptors (Lipinski definition) is 3. The lowest BCUT2D eigenvalue weighted by molar-refractivity contribution is 0.0972. The van der Waals surface area contributed by atoms with E-state index < -0.39 is 0 Å². The van der Waals surface area contributed by atoms with Crippen LogP contribution in [0.1, 0.15) is 34.5 Å². The molecule has 3 aromatic carbocycles. The molecule has 3 aromatic rings. The Morgan fingerprint density at radius 3 is 2.28 bits per heavy atom. The Bertz CT molecular complexity index is 945. The summed E-state index contributed by atoms with van der Waals surface area (Å²) in [6.07, 6.45) is 0.769. The van der Waals surface area contributed by atoms with Crippen LogP contribution >= 0.6 is 12.2 Å². The van der Waals surface area contributed by atoms with E-state index in [-0.39, 0.29) is 17.1 Å². The maximum atomic E-state index is 12.7. The largest absolute Gasteiger partial charge is 0.492 e. The molecule has 29 heavy (non-hydrogen) atoms. The minimum Gasteiger partial charge on any atom is -0.492 e. The van der Waals surface area contributed by atoms with Crippen LogP contribution in [0.25, 0.3) is 0 Å². The van der Waals surface area contributed by atoms with E-state index in [1.807, 2.05) is 67.6 Å². The van der Waals surface area contributed by atoms with Gasteiger partial charge in [0.2, 0.25) is 0 Å². The fourth-order valence-electron chi connectivity index (χ4n) is 2.93. The Morgan fingerprint density at radius 1 is 0.931 bits per heavy atom. The van der Waals surface area contributed by atoms with Crippen molar-refractivity contribution in [2.24, 2.45) is 0 Å². The Labute approximate surface area is 176 Å². The van der Waals surface area contributed by atoms with Gasteiger partial charge in [-0.2, -0.15) is 0 Å². The number of rotatable bonds is 7. The molecule has 0 aliphatic heterocycles. The average molecular weight is 405 g/mol. The van der Waals surface area contributed by atoms with Crippen molar-refractivity contribution in [3.63, 3.8) is 0 Å². The summed E-state index contributed by atoms with van der Waals surface area (Å²) < 4.78 is 5.87. The maximum absolute atomic E-state index is 12.7. The monoisotopic (exact) mass is 404 g/mol. The molecular weight excluding hydrogens is 380 g/mol. The van der Waals surface area contributed by atoms with Crippen molar-refractivity contribution in [3.8, 4) is 5.75 Å². The molecule has 2 N–H and O–H groups in total. The second-order valence-corrected chi connectivity index (χ2v) is 7.05. The quantitative estimate of drug-likeness (QED) is 0.562. The molecule has 4 nitrogen and oxygen atoms in total. The van der Waals surface area contributed by atoms with Crippen LogP contribution in [0.15, 0.2) is 84.9 Å². The van der Waals surface area contributed by atoms with E-state index in [1.165, 1.54) is 5.56 Å². The molecule has 1 amide bonds. The number of carbonyl (C=O) groups is 1. The summed E-state index contributed by atoms with van der Waals surface area (Å²) in [5.74, 6) is 0.248. The van der Waals surface area contributed by atoms with Crippen LogP contribution in [0.3, 0.4) is 0 Å². The third-order valence-corrected chi connectivity index (χ3v) is 4.72. The third kappa shape index (κ3) is 6.16. The van der Waals surface area contributed by atoms with Gasteiger partial charge >= 0.3 is 0 Å². The van der Waals surface area contributed by atoms with Gasteiger partial charge in [0, 0.05) is 6.42 Å². The molecule has 0 bridgehead atoms. The Kier molecular flexibility index (Phi) is 7.36. The normalized spacial score (nSPS) is 11.3. The zero-order valence-electron chi connectivity index (χ0n) is 16.3. The Morgan fingerprint density at radius 2 is 1.55 bits per heavy atom. The highest BCUT2D eigenvalue weighted by Crippen LogP contribution is 2.18. The third-order valence-electron chi connectivity index (χ3n) is 4.50. The summed E-state index contributed by atoms with van der Waals surface area (Å²) in [5.41, 5.74) is 2.74. The fraction of sp³-hybridized carbons (Fsp3) is 0.167. The van der Waals surface area contributed by atoms with Gasteiger partial charge < -0.3 is 10.1 Å². The molecule has 5 heteroatoms. The minimum atomic E-state index is -0.293. The number of carbonyl (C=O) groups excluding carboxylic acids is 1. The molecule has 0 spiro atoms. The van der Waals surface area contributed by atoms with E-state index in [4.69, 9.17) is 17.0 Å². The van der Waals surface area contributed by atoms with Crippen molar-refractivity contribution in [1.82, 2.24) is 10.6 Å². The van der Waals surface area contributed by atoms with Crippen LogP contribution in [-0.4, -0.2) is 17.6 Å². The van der Waals surface area contributed by atoms with Gasteiger partial charge in [0.1, 0.15) is 5.75 Å². The zero-order chi connectivity index (χ0) is 20.5. The number of hydrogen-bond donors (Lipinski definition) is 2. The van der Waals surface area contributed by atoms with Gasteiger partial charge in [-0.3, -0.25) is 10.1 Å². The Hall–Kier alpha value is -3.18. The van der Waals surface area contributed by atoms with Gasteiger partial charge in [-0.1, -0.05) is 72.8 Å².